The molecular formula is C10H17NO3. The zero-order valence-corrected chi connectivity index (χ0v) is 8.22. The lowest BCUT2D eigenvalue weighted by Crippen LogP contribution is -2.45. The van der Waals surface area contributed by atoms with Crippen molar-refractivity contribution in [2.45, 2.75) is 44.2 Å². The summed E-state index contributed by atoms with van der Waals surface area (Å²) in [5, 5.41) is 17.9. The van der Waals surface area contributed by atoms with Gasteiger partial charge in [-0.25, -0.2) is 4.79 Å². The second-order valence-corrected chi connectivity index (χ2v) is 4.42. The van der Waals surface area contributed by atoms with Crippen LogP contribution in [0.1, 0.15) is 32.1 Å². The summed E-state index contributed by atoms with van der Waals surface area (Å²) >= 11 is 0. The van der Waals surface area contributed by atoms with E-state index in [0.717, 1.165) is 32.1 Å². The van der Waals surface area contributed by atoms with Gasteiger partial charge in [0, 0.05) is 18.7 Å². The summed E-state index contributed by atoms with van der Waals surface area (Å²) in [5.74, 6) is 0.535. The first-order valence-corrected chi connectivity index (χ1v) is 5.34. The molecule has 2 aliphatic rings. The van der Waals surface area contributed by atoms with E-state index < -0.39 is 6.09 Å². The zero-order chi connectivity index (χ0) is 10.1. The van der Waals surface area contributed by atoms with Crippen LogP contribution in [0.5, 0.6) is 0 Å². The molecule has 2 fully saturated rings. The standard InChI is InChI=1S/C10H17NO3/c12-4-3-7-5-8-1-2-9(6-7)11(8)10(13)14/h7-9,12H,1-6H2,(H,13,14). The molecule has 0 saturated carbocycles. The molecule has 80 valence electrons. The fourth-order valence-electron chi connectivity index (χ4n) is 3.02. The minimum absolute atomic E-state index is 0.225. The fraction of sp³-hybridized carbons (Fsp3) is 0.900. The average molecular weight is 199 g/mol. The Morgan fingerprint density at radius 1 is 1.29 bits per heavy atom. The van der Waals surface area contributed by atoms with Crippen LogP contribution in [-0.4, -0.2) is 39.9 Å². The van der Waals surface area contributed by atoms with E-state index in [1.807, 2.05) is 0 Å². The van der Waals surface area contributed by atoms with Crippen LogP contribution in [0.2, 0.25) is 0 Å². The van der Waals surface area contributed by atoms with Gasteiger partial charge in [0.1, 0.15) is 0 Å². The molecule has 2 N–H and O–H groups in total. The third kappa shape index (κ3) is 1.59. The highest BCUT2D eigenvalue weighted by molar-refractivity contribution is 5.66. The number of fused-ring (bicyclic) bond motifs is 2. The number of carboxylic acid groups (broad SMARTS) is 1. The molecule has 0 aromatic rings. The second-order valence-electron chi connectivity index (χ2n) is 4.42. The molecule has 0 aromatic carbocycles. The number of hydrogen-bond donors (Lipinski definition) is 2. The lowest BCUT2D eigenvalue weighted by molar-refractivity contribution is 0.0785. The maximum atomic E-state index is 11.0. The topological polar surface area (TPSA) is 60.8 Å². The average Bonchev–Trinajstić information content (AvgIpc) is 2.39. The summed E-state index contributed by atoms with van der Waals surface area (Å²) in [6.45, 7) is 0.233. The normalized spacial score (nSPS) is 36.1. The van der Waals surface area contributed by atoms with E-state index in [2.05, 4.69) is 0 Å². The maximum absolute atomic E-state index is 11.0. The molecular weight excluding hydrogens is 182 g/mol. The molecule has 0 aromatic heterocycles. The molecule has 4 heteroatoms. The molecule has 2 saturated heterocycles. The second kappa shape index (κ2) is 3.77. The molecule has 2 atom stereocenters. The summed E-state index contributed by atoms with van der Waals surface area (Å²) in [6.07, 6.45) is 3.99. The van der Waals surface area contributed by atoms with Crippen LogP contribution in [0.15, 0.2) is 0 Å². The van der Waals surface area contributed by atoms with Crippen molar-refractivity contribution in [3.8, 4) is 0 Å². The van der Waals surface area contributed by atoms with Crippen molar-refractivity contribution in [1.29, 1.82) is 0 Å². The van der Waals surface area contributed by atoms with Crippen molar-refractivity contribution >= 4 is 6.09 Å². The van der Waals surface area contributed by atoms with Gasteiger partial charge in [0.25, 0.3) is 0 Å². The van der Waals surface area contributed by atoms with E-state index in [1.54, 1.807) is 4.90 Å². The predicted molar refractivity (Wildman–Crippen MR) is 51.1 cm³/mol. The highest BCUT2D eigenvalue weighted by Gasteiger charge is 2.42. The summed E-state index contributed by atoms with van der Waals surface area (Å²) in [7, 11) is 0. The van der Waals surface area contributed by atoms with Crippen LogP contribution in [0.4, 0.5) is 4.79 Å². The van der Waals surface area contributed by atoms with E-state index in [9.17, 15) is 4.79 Å². The van der Waals surface area contributed by atoms with Gasteiger partial charge in [-0.3, -0.25) is 0 Å². The van der Waals surface area contributed by atoms with Gasteiger partial charge >= 0.3 is 6.09 Å². The number of carbonyl (C=O) groups is 1. The Morgan fingerprint density at radius 2 is 1.86 bits per heavy atom. The van der Waals surface area contributed by atoms with Crippen LogP contribution >= 0.6 is 0 Å². The molecule has 0 radical (unpaired) electrons. The van der Waals surface area contributed by atoms with E-state index in [-0.39, 0.29) is 18.7 Å². The molecule has 2 aliphatic heterocycles. The first-order chi connectivity index (χ1) is 6.72. The fourth-order valence-corrected chi connectivity index (χ4v) is 3.02. The van der Waals surface area contributed by atoms with E-state index >= 15 is 0 Å². The van der Waals surface area contributed by atoms with Crippen molar-refractivity contribution in [1.82, 2.24) is 4.90 Å². The van der Waals surface area contributed by atoms with Gasteiger partial charge in [-0.1, -0.05) is 0 Å². The van der Waals surface area contributed by atoms with E-state index in [0.29, 0.717) is 5.92 Å². The highest BCUT2D eigenvalue weighted by Crippen LogP contribution is 2.39. The zero-order valence-electron chi connectivity index (χ0n) is 8.22. The van der Waals surface area contributed by atoms with Crippen molar-refractivity contribution in [2.75, 3.05) is 6.61 Å². The van der Waals surface area contributed by atoms with Gasteiger partial charge in [-0.05, 0) is 38.0 Å². The molecule has 2 heterocycles. The lowest BCUT2D eigenvalue weighted by Gasteiger charge is -2.36. The van der Waals surface area contributed by atoms with E-state index in [4.69, 9.17) is 10.2 Å². The number of aliphatic hydroxyl groups excluding tert-OH is 1. The molecule has 2 bridgehead atoms. The molecule has 14 heavy (non-hydrogen) atoms. The third-order valence-corrected chi connectivity index (χ3v) is 3.59. The number of hydrogen-bond acceptors (Lipinski definition) is 2. The van der Waals surface area contributed by atoms with Crippen molar-refractivity contribution in [3.63, 3.8) is 0 Å². The van der Waals surface area contributed by atoms with Gasteiger partial charge in [-0.15, -0.1) is 0 Å². The van der Waals surface area contributed by atoms with Gasteiger partial charge in [0.2, 0.25) is 0 Å². The molecule has 2 rings (SSSR count). The number of nitrogens with zero attached hydrogens (tertiary/aromatic N) is 1. The Bertz CT molecular complexity index is 217. The van der Waals surface area contributed by atoms with Gasteiger partial charge in [0.05, 0.1) is 0 Å². The first kappa shape index (κ1) is 9.77. The van der Waals surface area contributed by atoms with Crippen LogP contribution in [0.3, 0.4) is 0 Å². The quantitative estimate of drug-likeness (QED) is 0.704. The largest absolute Gasteiger partial charge is 0.465 e. The molecule has 4 nitrogen and oxygen atoms in total. The van der Waals surface area contributed by atoms with Crippen molar-refractivity contribution < 1.29 is 15.0 Å². The predicted octanol–water partition coefficient (Wildman–Crippen LogP) is 1.29. The van der Waals surface area contributed by atoms with Gasteiger partial charge in [0.15, 0.2) is 0 Å². The SMILES string of the molecule is O=C(O)N1C2CCC1CC(CCO)C2. The van der Waals surface area contributed by atoms with E-state index in [1.165, 1.54) is 0 Å². The van der Waals surface area contributed by atoms with Gasteiger partial charge in [-0.2, -0.15) is 0 Å². The molecule has 0 aliphatic carbocycles. The van der Waals surface area contributed by atoms with Crippen molar-refractivity contribution in [3.05, 3.63) is 0 Å². The maximum Gasteiger partial charge on any atom is 0.407 e. The van der Waals surface area contributed by atoms with Crippen LogP contribution in [0, 0.1) is 5.92 Å². The number of amides is 1. The molecule has 0 spiro atoms. The monoisotopic (exact) mass is 199 g/mol. The Morgan fingerprint density at radius 3 is 2.29 bits per heavy atom. The van der Waals surface area contributed by atoms with Crippen LogP contribution < -0.4 is 0 Å². The van der Waals surface area contributed by atoms with Crippen LogP contribution in [-0.2, 0) is 0 Å². The van der Waals surface area contributed by atoms with Crippen LogP contribution in [0.25, 0.3) is 0 Å². The smallest absolute Gasteiger partial charge is 0.407 e. The minimum atomic E-state index is -0.764. The first-order valence-electron chi connectivity index (χ1n) is 5.34. The Kier molecular flexibility index (Phi) is 2.63. The third-order valence-electron chi connectivity index (χ3n) is 3.59. The minimum Gasteiger partial charge on any atom is -0.465 e. The highest BCUT2D eigenvalue weighted by atomic mass is 16.4. The summed E-state index contributed by atoms with van der Waals surface area (Å²) < 4.78 is 0. The summed E-state index contributed by atoms with van der Waals surface area (Å²) in [6, 6.07) is 0.450. The number of aliphatic hydroxyl groups is 1. The Hall–Kier alpha value is -0.770. The summed E-state index contributed by atoms with van der Waals surface area (Å²) in [5.41, 5.74) is 0. The lowest BCUT2D eigenvalue weighted by atomic mass is 9.89. The molecule has 1 amide bonds. The number of piperidine rings is 1. The van der Waals surface area contributed by atoms with Gasteiger partial charge < -0.3 is 15.1 Å². The molecule has 2 unspecified atom stereocenters. The van der Waals surface area contributed by atoms with Crippen molar-refractivity contribution in [2.24, 2.45) is 5.92 Å². The Balaban J connectivity index is 2.01. The summed E-state index contributed by atoms with van der Waals surface area (Å²) in [4.78, 5) is 12.6. The Labute approximate surface area is 83.5 Å². The number of rotatable bonds is 2.